The van der Waals surface area contributed by atoms with Crippen LogP contribution in [0.2, 0.25) is 5.82 Å². The van der Waals surface area contributed by atoms with Gasteiger partial charge in [0, 0.05) is 5.71 Å². The molecule has 0 bridgehead atoms. The zero-order valence-electron chi connectivity index (χ0n) is 5.50. The van der Waals surface area contributed by atoms with Gasteiger partial charge in [-0.25, -0.2) is 0 Å². The van der Waals surface area contributed by atoms with E-state index in [0.717, 1.165) is 0 Å². The first-order valence-electron chi connectivity index (χ1n) is 2.72. The first kappa shape index (κ1) is 9.52. The van der Waals surface area contributed by atoms with Crippen molar-refractivity contribution in [2.24, 2.45) is 0 Å². The summed E-state index contributed by atoms with van der Waals surface area (Å²) in [5.74, 6) is -0.804. The molecule has 0 rings (SSSR count). The normalized spacial score (nSPS) is 14.8. The lowest BCUT2D eigenvalue weighted by Gasteiger charge is -2.09. The molecular formula is C5H7BF3N. The van der Waals surface area contributed by atoms with Gasteiger partial charge in [-0.1, -0.05) is 6.92 Å². The molecule has 5 heteroatoms. The van der Waals surface area contributed by atoms with Gasteiger partial charge in [0.25, 0.3) is 0 Å². The Morgan fingerprint density at radius 3 is 2.10 bits per heavy atom. The number of rotatable bonds is 2. The first-order valence-corrected chi connectivity index (χ1v) is 2.72. The van der Waals surface area contributed by atoms with E-state index in [1.807, 2.05) is 0 Å². The average molecular weight is 149 g/mol. The van der Waals surface area contributed by atoms with E-state index in [1.54, 1.807) is 0 Å². The molecule has 1 N–H and O–H groups in total. The lowest BCUT2D eigenvalue weighted by Crippen LogP contribution is -2.16. The molecular weight excluding hydrogens is 142 g/mol. The fourth-order valence-corrected chi connectivity index (χ4v) is 0.377. The van der Waals surface area contributed by atoms with Crippen molar-refractivity contribution in [2.75, 3.05) is 0 Å². The summed E-state index contributed by atoms with van der Waals surface area (Å²) < 4.78 is 34.4. The number of nitrogens with one attached hydrogen (secondary N) is 1. The molecule has 0 fully saturated rings. The van der Waals surface area contributed by atoms with Crippen molar-refractivity contribution >= 4 is 13.6 Å². The predicted molar refractivity (Wildman–Crippen MR) is 33.6 cm³/mol. The second-order valence-corrected chi connectivity index (χ2v) is 2.11. The van der Waals surface area contributed by atoms with Gasteiger partial charge < -0.3 is 5.41 Å². The third kappa shape index (κ3) is 4.41. The largest absolute Gasteiger partial charge is 0.394 e. The molecule has 0 aliphatic carbocycles. The topological polar surface area (TPSA) is 23.9 Å². The summed E-state index contributed by atoms with van der Waals surface area (Å²) >= 11 is 0. The van der Waals surface area contributed by atoms with Crippen LogP contribution in [-0.4, -0.2) is 19.7 Å². The maximum Gasteiger partial charge on any atom is 0.394 e. The van der Waals surface area contributed by atoms with Crippen LogP contribution in [0.4, 0.5) is 13.2 Å². The van der Waals surface area contributed by atoms with Crippen LogP contribution >= 0.6 is 0 Å². The monoisotopic (exact) mass is 149 g/mol. The summed E-state index contributed by atoms with van der Waals surface area (Å²) in [7, 11) is 5.02. The summed E-state index contributed by atoms with van der Waals surface area (Å²) in [4.78, 5) is 0. The molecule has 10 heavy (non-hydrogen) atoms. The van der Waals surface area contributed by atoms with Gasteiger partial charge in [-0.3, -0.25) is 0 Å². The highest BCUT2D eigenvalue weighted by Crippen LogP contribution is 2.22. The molecule has 0 heterocycles. The summed E-state index contributed by atoms with van der Waals surface area (Å²) in [5, 5.41) is 6.75. The molecule has 56 valence electrons. The lowest BCUT2D eigenvalue weighted by molar-refractivity contribution is -0.121. The number of hydrogen-bond donors (Lipinski definition) is 1. The van der Waals surface area contributed by atoms with E-state index in [2.05, 4.69) is 0 Å². The van der Waals surface area contributed by atoms with Gasteiger partial charge in [-0.15, -0.1) is 0 Å². The lowest BCUT2D eigenvalue weighted by atomic mass is 9.84. The molecule has 0 aromatic heterocycles. The molecule has 1 nitrogen and oxygen atoms in total. The number of hydrogen-bond acceptors (Lipinski definition) is 1. The van der Waals surface area contributed by atoms with Crippen molar-refractivity contribution in [1.82, 2.24) is 0 Å². The summed E-state index contributed by atoms with van der Waals surface area (Å²) in [6, 6.07) is 0. The third-order valence-corrected chi connectivity index (χ3v) is 0.941. The Morgan fingerprint density at radius 2 is 2.00 bits per heavy atom. The van der Waals surface area contributed by atoms with Crippen molar-refractivity contribution in [3.05, 3.63) is 0 Å². The predicted octanol–water partition coefficient (Wildman–Crippen LogP) is 1.94. The Hall–Kier alpha value is -0.475. The molecule has 0 spiro atoms. The second kappa shape index (κ2) is 3.08. The number of alkyl halides is 3. The zero-order chi connectivity index (χ0) is 8.36. The minimum Gasteiger partial charge on any atom is -0.310 e. The van der Waals surface area contributed by atoms with E-state index < -0.39 is 24.1 Å². The van der Waals surface area contributed by atoms with E-state index >= 15 is 0 Å². The minimum atomic E-state index is -4.30. The molecule has 1 atom stereocenters. The van der Waals surface area contributed by atoms with Crippen LogP contribution in [0.25, 0.3) is 0 Å². The quantitative estimate of drug-likeness (QED) is 0.458. The van der Waals surface area contributed by atoms with E-state index in [-0.39, 0.29) is 0 Å². The van der Waals surface area contributed by atoms with Crippen LogP contribution in [0.1, 0.15) is 13.3 Å². The van der Waals surface area contributed by atoms with Crippen LogP contribution < -0.4 is 0 Å². The van der Waals surface area contributed by atoms with Crippen LogP contribution in [0.15, 0.2) is 0 Å². The highest BCUT2D eigenvalue weighted by molar-refractivity contribution is 6.24. The molecule has 0 saturated heterocycles. The van der Waals surface area contributed by atoms with Gasteiger partial charge in [0.2, 0.25) is 0 Å². The van der Waals surface area contributed by atoms with Gasteiger partial charge in [0.15, 0.2) is 0 Å². The standard InChI is InChI=1S/C5H7BF3N/c1-3(6)4(10)2-5(7,8)9/h3,10H,2H2,1H3. The van der Waals surface area contributed by atoms with Crippen molar-refractivity contribution in [1.29, 1.82) is 5.41 Å². The Labute approximate surface area is 58.5 Å². The minimum absolute atomic E-state index is 0.479. The molecule has 1 unspecified atom stereocenters. The van der Waals surface area contributed by atoms with Gasteiger partial charge >= 0.3 is 6.18 Å². The van der Waals surface area contributed by atoms with E-state index in [4.69, 9.17) is 13.3 Å². The number of halogens is 3. The van der Waals surface area contributed by atoms with Gasteiger partial charge in [0.05, 0.1) is 14.3 Å². The summed E-state index contributed by atoms with van der Waals surface area (Å²) in [6.07, 6.45) is -5.50. The molecule has 2 radical (unpaired) electrons. The Kier molecular flexibility index (Phi) is 2.93. The zero-order valence-corrected chi connectivity index (χ0v) is 5.50. The van der Waals surface area contributed by atoms with Crippen molar-refractivity contribution in [3.8, 4) is 0 Å². The second-order valence-electron chi connectivity index (χ2n) is 2.11. The van der Waals surface area contributed by atoms with Crippen LogP contribution in [-0.2, 0) is 0 Å². The van der Waals surface area contributed by atoms with Gasteiger partial charge in [-0.2, -0.15) is 13.2 Å². The van der Waals surface area contributed by atoms with Crippen molar-refractivity contribution in [2.45, 2.75) is 25.3 Å². The SMILES string of the molecule is [B]C(C)C(=N)CC(F)(F)F. The highest BCUT2D eigenvalue weighted by Gasteiger charge is 2.29. The maximum absolute atomic E-state index is 11.5. The Morgan fingerprint density at radius 1 is 1.60 bits per heavy atom. The smallest absolute Gasteiger partial charge is 0.310 e. The van der Waals surface area contributed by atoms with Crippen LogP contribution in [0.3, 0.4) is 0 Å². The Balaban J connectivity index is 3.81. The molecule has 0 amide bonds. The third-order valence-electron chi connectivity index (χ3n) is 0.941. The van der Waals surface area contributed by atoms with Crippen molar-refractivity contribution < 1.29 is 13.2 Å². The first-order chi connectivity index (χ1) is 4.33. The van der Waals surface area contributed by atoms with E-state index in [1.165, 1.54) is 6.92 Å². The van der Waals surface area contributed by atoms with E-state index in [9.17, 15) is 13.2 Å². The van der Waals surface area contributed by atoms with Crippen LogP contribution in [0.5, 0.6) is 0 Å². The fraction of sp³-hybridized carbons (Fsp3) is 0.800. The van der Waals surface area contributed by atoms with Gasteiger partial charge in [-0.05, 0) is 5.82 Å². The average Bonchev–Trinajstić information content (AvgIpc) is 1.60. The van der Waals surface area contributed by atoms with Crippen LogP contribution in [0, 0.1) is 5.41 Å². The Bertz CT molecular complexity index is 129. The molecule has 0 aromatic carbocycles. The summed E-state index contributed by atoms with van der Waals surface area (Å²) in [6.45, 7) is 1.36. The van der Waals surface area contributed by atoms with Crippen molar-refractivity contribution in [3.63, 3.8) is 0 Å². The highest BCUT2D eigenvalue weighted by atomic mass is 19.4. The van der Waals surface area contributed by atoms with Gasteiger partial charge in [0.1, 0.15) is 0 Å². The van der Waals surface area contributed by atoms with E-state index in [0.29, 0.717) is 0 Å². The molecule has 0 aliphatic rings. The molecule has 0 saturated carbocycles. The molecule has 0 aliphatic heterocycles. The maximum atomic E-state index is 11.5. The summed E-state index contributed by atoms with van der Waals surface area (Å²) in [5.41, 5.74) is -0.479. The molecule has 0 aromatic rings. The fourth-order valence-electron chi connectivity index (χ4n) is 0.377.